The van der Waals surface area contributed by atoms with Crippen LogP contribution >= 0.6 is 11.3 Å². The Hall–Kier alpha value is -1.24. The van der Waals surface area contributed by atoms with Gasteiger partial charge in [-0.1, -0.05) is 0 Å². The standard InChI is InChI=1S/C16H24N4OS/c1-10-11(2)22-16-14(10)15(17-12(3)18-16)20-6-7-21-13(9-20)8-19(4)5/h13H,6-9H2,1-5H3/t13-/m1/s1. The third-order valence-electron chi connectivity index (χ3n) is 4.13. The first-order valence-electron chi connectivity index (χ1n) is 7.71. The average molecular weight is 320 g/mol. The Morgan fingerprint density at radius 3 is 2.77 bits per heavy atom. The van der Waals surface area contributed by atoms with Crippen LogP contribution in [0.5, 0.6) is 0 Å². The number of aromatic nitrogens is 2. The van der Waals surface area contributed by atoms with E-state index in [0.29, 0.717) is 0 Å². The molecule has 22 heavy (non-hydrogen) atoms. The molecule has 1 aliphatic rings. The Balaban J connectivity index is 1.98. The zero-order valence-electron chi connectivity index (χ0n) is 14.0. The van der Waals surface area contributed by atoms with Crippen molar-refractivity contribution in [2.45, 2.75) is 26.9 Å². The summed E-state index contributed by atoms with van der Waals surface area (Å²) in [5.41, 5.74) is 1.31. The van der Waals surface area contributed by atoms with Crippen molar-refractivity contribution in [1.29, 1.82) is 0 Å². The third kappa shape index (κ3) is 2.95. The Morgan fingerprint density at radius 2 is 2.05 bits per heavy atom. The van der Waals surface area contributed by atoms with Gasteiger partial charge in [0, 0.05) is 24.5 Å². The van der Waals surface area contributed by atoms with Gasteiger partial charge in [0.15, 0.2) is 0 Å². The molecule has 1 saturated heterocycles. The number of hydrogen-bond donors (Lipinski definition) is 0. The van der Waals surface area contributed by atoms with E-state index in [1.807, 2.05) is 6.92 Å². The van der Waals surface area contributed by atoms with Gasteiger partial charge in [-0.05, 0) is 40.4 Å². The van der Waals surface area contributed by atoms with Gasteiger partial charge in [-0.2, -0.15) is 0 Å². The Bertz CT molecular complexity index is 682. The first-order valence-corrected chi connectivity index (χ1v) is 8.53. The van der Waals surface area contributed by atoms with Gasteiger partial charge in [-0.25, -0.2) is 9.97 Å². The molecule has 2 aromatic rings. The molecule has 0 aromatic carbocycles. The molecule has 1 atom stereocenters. The molecule has 0 spiro atoms. The second-order valence-electron chi connectivity index (χ2n) is 6.26. The number of fused-ring (bicyclic) bond motifs is 1. The van der Waals surface area contributed by atoms with E-state index < -0.39 is 0 Å². The lowest BCUT2D eigenvalue weighted by Crippen LogP contribution is -2.47. The fourth-order valence-electron chi connectivity index (χ4n) is 2.99. The quantitative estimate of drug-likeness (QED) is 0.868. The van der Waals surface area contributed by atoms with E-state index in [-0.39, 0.29) is 6.10 Å². The summed E-state index contributed by atoms with van der Waals surface area (Å²) in [5.74, 6) is 1.93. The molecule has 1 aliphatic heterocycles. The van der Waals surface area contributed by atoms with Crippen molar-refractivity contribution in [3.05, 3.63) is 16.3 Å². The monoisotopic (exact) mass is 320 g/mol. The lowest BCUT2D eigenvalue weighted by Gasteiger charge is -2.35. The van der Waals surface area contributed by atoms with Gasteiger partial charge < -0.3 is 14.5 Å². The van der Waals surface area contributed by atoms with Crippen molar-refractivity contribution in [1.82, 2.24) is 14.9 Å². The van der Waals surface area contributed by atoms with Crippen LogP contribution in [0.2, 0.25) is 0 Å². The average Bonchev–Trinajstić information content (AvgIpc) is 2.72. The van der Waals surface area contributed by atoms with E-state index in [1.165, 1.54) is 15.8 Å². The van der Waals surface area contributed by atoms with E-state index in [1.54, 1.807) is 11.3 Å². The maximum atomic E-state index is 5.89. The highest BCUT2D eigenvalue weighted by Crippen LogP contribution is 2.35. The summed E-state index contributed by atoms with van der Waals surface area (Å²) in [4.78, 5) is 16.4. The van der Waals surface area contributed by atoms with Crippen molar-refractivity contribution in [3.8, 4) is 0 Å². The molecule has 3 rings (SSSR count). The number of ether oxygens (including phenoxy) is 1. The van der Waals surface area contributed by atoms with Gasteiger partial charge in [0.1, 0.15) is 16.5 Å². The maximum absolute atomic E-state index is 5.89. The van der Waals surface area contributed by atoms with Crippen molar-refractivity contribution in [3.63, 3.8) is 0 Å². The van der Waals surface area contributed by atoms with Gasteiger partial charge in [-0.3, -0.25) is 0 Å². The second kappa shape index (κ2) is 6.10. The smallest absolute Gasteiger partial charge is 0.141 e. The highest BCUT2D eigenvalue weighted by Gasteiger charge is 2.25. The lowest BCUT2D eigenvalue weighted by molar-refractivity contribution is 0.0246. The molecule has 120 valence electrons. The first kappa shape index (κ1) is 15.6. The molecule has 5 nitrogen and oxygen atoms in total. The molecule has 0 aliphatic carbocycles. The highest BCUT2D eigenvalue weighted by atomic mass is 32.1. The van der Waals surface area contributed by atoms with Crippen molar-refractivity contribution in [2.75, 3.05) is 45.2 Å². The molecule has 0 amide bonds. The van der Waals surface area contributed by atoms with Crippen LogP contribution in [0, 0.1) is 20.8 Å². The van der Waals surface area contributed by atoms with Crippen LogP contribution < -0.4 is 4.90 Å². The molecule has 0 N–H and O–H groups in total. The van der Waals surface area contributed by atoms with Crippen LogP contribution in [0.25, 0.3) is 10.2 Å². The number of rotatable bonds is 3. The van der Waals surface area contributed by atoms with Gasteiger partial charge in [-0.15, -0.1) is 11.3 Å². The molecule has 6 heteroatoms. The largest absolute Gasteiger partial charge is 0.373 e. The van der Waals surface area contributed by atoms with Crippen molar-refractivity contribution >= 4 is 27.4 Å². The molecule has 0 bridgehead atoms. The topological polar surface area (TPSA) is 41.5 Å². The Morgan fingerprint density at radius 1 is 1.27 bits per heavy atom. The van der Waals surface area contributed by atoms with Crippen LogP contribution in [-0.4, -0.2) is 61.3 Å². The van der Waals surface area contributed by atoms with Crippen LogP contribution in [0.4, 0.5) is 5.82 Å². The summed E-state index contributed by atoms with van der Waals surface area (Å²) in [6, 6.07) is 0. The van der Waals surface area contributed by atoms with Crippen molar-refractivity contribution < 1.29 is 4.74 Å². The minimum atomic E-state index is 0.231. The summed E-state index contributed by atoms with van der Waals surface area (Å²) in [7, 11) is 4.17. The summed E-state index contributed by atoms with van der Waals surface area (Å²) in [6.07, 6.45) is 0.231. The molecule has 2 aromatic heterocycles. The summed E-state index contributed by atoms with van der Waals surface area (Å²) in [5, 5.41) is 1.22. The molecule has 0 saturated carbocycles. The Kier molecular flexibility index (Phi) is 4.34. The number of likely N-dealkylation sites (N-methyl/N-ethyl adjacent to an activating group) is 1. The maximum Gasteiger partial charge on any atom is 0.141 e. The predicted molar refractivity (Wildman–Crippen MR) is 92.1 cm³/mol. The summed E-state index contributed by atoms with van der Waals surface area (Å²) >= 11 is 1.77. The SMILES string of the molecule is Cc1nc(N2CCO[C@H](CN(C)C)C2)c2c(C)c(C)sc2n1. The molecule has 0 radical (unpaired) electrons. The van der Waals surface area contributed by atoms with E-state index >= 15 is 0 Å². The van der Waals surface area contributed by atoms with Gasteiger partial charge in [0.25, 0.3) is 0 Å². The number of hydrogen-bond acceptors (Lipinski definition) is 6. The molecular formula is C16H24N4OS. The van der Waals surface area contributed by atoms with Gasteiger partial charge in [0.05, 0.1) is 18.1 Å². The number of nitrogens with zero attached hydrogens (tertiary/aromatic N) is 4. The molecular weight excluding hydrogens is 296 g/mol. The van der Waals surface area contributed by atoms with Crippen LogP contribution in [0.3, 0.4) is 0 Å². The first-order chi connectivity index (χ1) is 10.5. The minimum Gasteiger partial charge on any atom is -0.373 e. The second-order valence-corrected chi connectivity index (χ2v) is 7.46. The normalized spacial score (nSPS) is 19.4. The zero-order valence-corrected chi connectivity index (χ0v) is 14.8. The van der Waals surface area contributed by atoms with E-state index in [0.717, 1.165) is 42.7 Å². The van der Waals surface area contributed by atoms with E-state index in [2.05, 4.69) is 42.7 Å². The van der Waals surface area contributed by atoms with Crippen LogP contribution in [-0.2, 0) is 4.74 Å². The minimum absolute atomic E-state index is 0.231. The molecule has 0 unspecified atom stereocenters. The number of anilines is 1. The molecule has 3 heterocycles. The van der Waals surface area contributed by atoms with Crippen molar-refractivity contribution in [2.24, 2.45) is 0 Å². The van der Waals surface area contributed by atoms with Crippen LogP contribution in [0.1, 0.15) is 16.3 Å². The number of thiophene rings is 1. The fourth-order valence-corrected chi connectivity index (χ4v) is 4.06. The summed E-state index contributed by atoms with van der Waals surface area (Å²) in [6.45, 7) is 9.78. The van der Waals surface area contributed by atoms with Gasteiger partial charge in [0.2, 0.25) is 0 Å². The van der Waals surface area contributed by atoms with Crippen LogP contribution in [0.15, 0.2) is 0 Å². The highest BCUT2D eigenvalue weighted by molar-refractivity contribution is 7.18. The van der Waals surface area contributed by atoms with E-state index in [9.17, 15) is 0 Å². The number of aryl methyl sites for hydroxylation is 3. The predicted octanol–water partition coefficient (Wildman–Crippen LogP) is 2.38. The third-order valence-corrected chi connectivity index (χ3v) is 5.23. The Labute approximate surface area is 135 Å². The fraction of sp³-hybridized carbons (Fsp3) is 0.625. The number of morpholine rings is 1. The summed E-state index contributed by atoms with van der Waals surface area (Å²) < 4.78 is 5.89. The lowest BCUT2D eigenvalue weighted by atomic mass is 10.2. The van der Waals surface area contributed by atoms with Gasteiger partial charge >= 0.3 is 0 Å². The molecule has 1 fully saturated rings. The van der Waals surface area contributed by atoms with E-state index in [4.69, 9.17) is 9.72 Å². The zero-order chi connectivity index (χ0) is 15.9.